The van der Waals surface area contributed by atoms with E-state index in [2.05, 4.69) is 9.47 Å². The quantitative estimate of drug-likeness (QED) is 0.363. The highest BCUT2D eigenvalue weighted by molar-refractivity contribution is 5.60. The van der Waals surface area contributed by atoms with Gasteiger partial charge in [-0.2, -0.15) is 0 Å². The van der Waals surface area contributed by atoms with E-state index in [9.17, 15) is 9.59 Å². The molecule has 0 aromatic heterocycles. The van der Waals surface area contributed by atoms with E-state index in [1.54, 1.807) is 20.8 Å². The first kappa shape index (κ1) is 10.7. The Hall–Kier alpha value is -1.26. The van der Waals surface area contributed by atoms with Crippen LogP contribution < -0.4 is 0 Å². The third kappa shape index (κ3) is 6.85. The molecule has 69 valence electrons. The summed E-state index contributed by atoms with van der Waals surface area (Å²) >= 11 is 0. The molecule has 0 aliphatic heterocycles. The van der Waals surface area contributed by atoms with Gasteiger partial charge in [-0.15, -0.1) is 0 Å². The second-order valence-electron chi connectivity index (χ2n) is 2.95. The topological polar surface area (TPSA) is 61.8 Å². The normalized spacial score (nSPS) is 10.2. The molecule has 0 bridgehead atoms. The highest BCUT2D eigenvalue weighted by atomic mass is 16.8. The van der Waals surface area contributed by atoms with Crippen LogP contribution in [0.5, 0.6) is 0 Å². The molecule has 0 aromatic rings. The van der Waals surface area contributed by atoms with Crippen molar-refractivity contribution in [1.29, 1.82) is 0 Å². The van der Waals surface area contributed by atoms with Gasteiger partial charge in [0, 0.05) is 0 Å². The molecule has 5 nitrogen and oxygen atoms in total. The van der Waals surface area contributed by atoms with Gasteiger partial charge >= 0.3 is 12.6 Å². The van der Waals surface area contributed by atoms with Crippen LogP contribution in [0.4, 0.5) is 4.79 Å². The maximum absolute atomic E-state index is 10.7. The first-order chi connectivity index (χ1) is 5.45. The highest BCUT2D eigenvalue weighted by Gasteiger charge is 2.17. The van der Waals surface area contributed by atoms with Crippen molar-refractivity contribution in [3.63, 3.8) is 0 Å². The molecule has 12 heavy (non-hydrogen) atoms. The molecule has 0 saturated heterocycles. The van der Waals surface area contributed by atoms with Crippen LogP contribution in [0.1, 0.15) is 20.8 Å². The van der Waals surface area contributed by atoms with Gasteiger partial charge in [0.15, 0.2) is 0 Å². The van der Waals surface area contributed by atoms with Crippen LogP contribution in [0.2, 0.25) is 0 Å². The summed E-state index contributed by atoms with van der Waals surface area (Å²) in [6.45, 7) is 5.72. The minimum atomic E-state index is -0.877. The molecule has 0 atom stereocenters. The van der Waals surface area contributed by atoms with E-state index in [1.165, 1.54) is 0 Å². The Kier molecular flexibility index (Phi) is 4.10. The Labute approximate surface area is 70.6 Å². The molecule has 0 N–H and O–H groups in total. The molecule has 0 rings (SSSR count). The fourth-order valence-corrected chi connectivity index (χ4v) is 0.381. The molecule has 0 spiro atoms. The van der Waals surface area contributed by atoms with E-state index >= 15 is 0 Å². The second kappa shape index (κ2) is 4.58. The van der Waals surface area contributed by atoms with Gasteiger partial charge in [-0.3, -0.25) is 0 Å². The second-order valence-corrected chi connectivity index (χ2v) is 2.95. The molecule has 0 saturated carbocycles. The van der Waals surface area contributed by atoms with E-state index in [0.717, 1.165) is 6.47 Å². The summed E-state index contributed by atoms with van der Waals surface area (Å²) in [4.78, 5) is 20.2. The zero-order chi connectivity index (χ0) is 9.61. The lowest BCUT2D eigenvalue weighted by atomic mass is 10.2. The Morgan fingerprint density at radius 2 is 2.00 bits per heavy atom. The van der Waals surface area contributed by atoms with Crippen molar-refractivity contribution in [3.05, 3.63) is 0 Å². The molecule has 0 amide bonds. The smallest absolute Gasteiger partial charge is 0.428 e. The fourth-order valence-electron chi connectivity index (χ4n) is 0.381. The minimum absolute atomic E-state index is 0.474. The number of ether oxygens (including phenoxy) is 3. The van der Waals surface area contributed by atoms with E-state index < -0.39 is 18.5 Å². The summed E-state index contributed by atoms with van der Waals surface area (Å²) in [6.07, 6.45) is -0.877. The number of hydrogen-bond donors (Lipinski definition) is 0. The maximum atomic E-state index is 10.7. The van der Waals surface area contributed by atoms with Crippen molar-refractivity contribution in [2.75, 3.05) is 6.79 Å². The lowest BCUT2D eigenvalue weighted by Gasteiger charge is -2.18. The number of carbonyl (C=O) groups excluding carboxylic acids is 2. The third-order valence-electron chi connectivity index (χ3n) is 0.684. The lowest BCUT2D eigenvalue weighted by molar-refractivity contribution is -0.0394. The van der Waals surface area contributed by atoms with Gasteiger partial charge in [0.1, 0.15) is 5.60 Å². The molecule has 0 aliphatic carbocycles. The minimum Gasteiger partial charge on any atom is -0.428 e. The van der Waals surface area contributed by atoms with Crippen LogP contribution in [0.25, 0.3) is 0 Å². The molecule has 0 aliphatic rings. The monoisotopic (exact) mass is 175 g/mol. The summed E-state index contributed by atoms with van der Waals surface area (Å²) in [6, 6.07) is 0. The first-order valence-electron chi connectivity index (χ1n) is 3.30. The molecule has 0 fully saturated rings. The van der Waals surface area contributed by atoms with Crippen LogP contribution in [0, 0.1) is 0 Å². The summed E-state index contributed by atoms with van der Waals surface area (Å²) in [7, 11) is 0. The molecule has 0 aromatic carbocycles. The Morgan fingerprint density at radius 1 is 1.42 bits per heavy atom. The molecular weight excluding hydrogens is 164 g/mol. The highest BCUT2D eigenvalue weighted by Crippen LogP contribution is 2.07. The SMILES string of the molecule is CC(C)(C)OC(=O)OCO[C]=O. The molecule has 0 heterocycles. The maximum Gasteiger partial charge on any atom is 0.511 e. The zero-order valence-electron chi connectivity index (χ0n) is 7.25. The van der Waals surface area contributed by atoms with Crippen molar-refractivity contribution in [2.24, 2.45) is 0 Å². The number of hydrogen-bond acceptors (Lipinski definition) is 5. The van der Waals surface area contributed by atoms with Gasteiger partial charge in [0.05, 0.1) is 0 Å². The standard InChI is InChI=1S/C7H11O5/c1-7(2,3)12-6(9)11-5-10-4-8/h5H2,1-3H3. The van der Waals surface area contributed by atoms with Crippen molar-refractivity contribution in [2.45, 2.75) is 26.4 Å². The van der Waals surface area contributed by atoms with Crippen molar-refractivity contribution >= 4 is 12.6 Å². The van der Waals surface area contributed by atoms with E-state index in [4.69, 9.17) is 4.74 Å². The van der Waals surface area contributed by atoms with E-state index in [0.29, 0.717) is 0 Å². The van der Waals surface area contributed by atoms with Crippen LogP contribution in [-0.2, 0) is 19.0 Å². The Morgan fingerprint density at radius 3 is 2.42 bits per heavy atom. The van der Waals surface area contributed by atoms with Crippen molar-refractivity contribution < 1.29 is 23.8 Å². The summed E-state index contributed by atoms with van der Waals surface area (Å²) < 4.78 is 13.0. The largest absolute Gasteiger partial charge is 0.511 e. The third-order valence-corrected chi connectivity index (χ3v) is 0.684. The molecular formula is C7H11O5. The first-order valence-corrected chi connectivity index (χ1v) is 3.30. The Balaban J connectivity index is 3.53. The van der Waals surface area contributed by atoms with Crippen LogP contribution in [0.3, 0.4) is 0 Å². The molecule has 0 unspecified atom stereocenters. The predicted molar refractivity (Wildman–Crippen MR) is 39.0 cm³/mol. The van der Waals surface area contributed by atoms with Crippen molar-refractivity contribution in [3.8, 4) is 0 Å². The van der Waals surface area contributed by atoms with Crippen LogP contribution in [0.15, 0.2) is 0 Å². The van der Waals surface area contributed by atoms with Crippen molar-refractivity contribution in [1.82, 2.24) is 0 Å². The Bertz CT molecular complexity index is 158. The van der Waals surface area contributed by atoms with Crippen LogP contribution >= 0.6 is 0 Å². The van der Waals surface area contributed by atoms with Gasteiger partial charge in [-0.1, -0.05) is 0 Å². The summed E-state index contributed by atoms with van der Waals surface area (Å²) in [5.74, 6) is 0. The van der Waals surface area contributed by atoms with Gasteiger partial charge in [-0.25, -0.2) is 9.59 Å². The van der Waals surface area contributed by atoms with Gasteiger partial charge in [0.2, 0.25) is 6.79 Å². The summed E-state index contributed by atoms with van der Waals surface area (Å²) in [5.41, 5.74) is -0.609. The lowest BCUT2D eigenvalue weighted by Crippen LogP contribution is -2.24. The predicted octanol–water partition coefficient (Wildman–Crippen LogP) is 0.979. The molecule has 5 heteroatoms. The van der Waals surface area contributed by atoms with Gasteiger partial charge in [0.25, 0.3) is 0 Å². The fraction of sp³-hybridized carbons (Fsp3) is 0.714. The van der Waals surface area contributed by atoms with E-state index in [1.807, 2.05) is 0 Å². The van der Waals surface area contributed by atoms with Gasteiger partial charge in [-0.05, 0) is 20.8 Å². The summed E-state index contributed by atoms with van der Waals surface area (Å²) in [5, 5.41) is 0. The average Bonchev–Trinajstić information content (AvgIpc) is 1.84. The van der Waals surface area contributed by atoms with Gasteiger partial charge < -0.3 is 14.2 Å². The van der Waals surface area contributed by atoms with Crippen LogP contribution in [-0.4, -0.2) is 25.0 Å². The number of carbonyl (C=O) groups is 1. The zero-order valence-corrected chi connectivity index (χ0v) is 7.25. The molecule has 1 radical (unpaired) electrons. The average molecular weight is 175 g/mol. The van der Waals surface area contributed by atoms with E-state index in [-0.39, 0.29) is 0 Å². The number of rotatable bonds is 3.